The van der Waals surface area contributed by atoms with Crippen LogP contribution in [0, 0.1) is 10.1 Å². The first-order valence-electron chi connectivity index (χ1n) is 13.9. The van der Waals surface area contributed by atoms with Crippen LogP contribution < -0.4 is 5.32 Å². The highest BCUT2D eigenvalue weighted by Crippen LogP contribution is 2.38. The summed E-state index contributed by atoms with van der Waals surface area (Å²) in [6, 6.07) is 20.3. The molecule has 3 aromatic heterocycles. The van der Waals surface area contributed by atoms with Crippen molar-refractivity contribution in [2.24, 2.45) is 0 Å². The Morgan fingerprint density at radius 1 is 1.14 bits per heavy atom. The Morgan fingerprint density at radius 2 is 1.90 bits per heavy atom. The Morgan fingerprint density at radius 3 is 2.57 bits per heavy atom. The zero-order valence-corrected chi connectivity index (χ0v) is 24.8. The van der Waals surface area contributed by atoms with Crippen LogP contribution in [0.3, 0.4) is 0 Å². The number of aromatic nitrogens is 2. The molecule has 1 aliphatic heterocycles. The van der Waals surface area contributed by atoms with Gasteiger partial charge in [-0.2, -0.15) is 0 Å². The van der Waals surface area contributed by atoms with E-state index in [-0.39, 0.29) is 24.2 Å². The fourth-order valence-electron chi connectivity index (χ4n) is 5.68. The van der Waals surface area contributed by atoms with Gasteiger partial charge in [0.05, 0.1) is 26.2 Å². The highest BCUT2D eigenvalue weighted by Gasteiger charge is 2.29. The topological polar surface area (TPSA) is 106 Å². The number of nitro groups is 1. The number of nitrogens with one attached hydrogen (secondary N) is 1. The summed E-state index contributed by atoms with van der Waals surface area (Å²) in [5.41, 5.74) is 3.16. The summed E-state index contributed by atoms with van der Waals surface area (Å²) in [6.07, 6.45) is 1.71. The molecule has 0 spiro atoms. The third-order valence-corrected chi connectivity index (χ3v) is 9.07. The first-order valence-corrected chi connectivity index (χ1v) is 15.1. The zero-order chi connectivity index (χ0) is 29.4. The van der Waals surface area contributed by atoms with Gasteiger partial charge in [0.2, 0.25) is 0 Å². The maximum absolute atomic E-state index is 14.2. The molecule has 1 aliphatic rings. The van der Waals surface area contributed by atoms with Gasteiger partial charge in [0.15, 0.2) is 5.76 Å². The van der Waals surface area contributed by atoms with Crippen LogP contribution in [0.4, 0.5) is 5.69 Å². The summed E-state index contributed by atoms with van der Waals surface area (Å²) < 4.78 is 8.17. The molecule has 11 heteroatoms. The lowest BCUT2D eigenvalue weighted by atomic mass is 10.00. The molecular weight excluding hydrogens is 574 g/mol. The minimum Gasteiger partial charge on any atom is -0.355 e. The Hall–Kier alpha value is -3.99. The van der Waals surface area contributed by atoms with Gasteiger partial charge in [-0.15, -0.1) is 11.3 Å². The van der Waals surface area contributed by atoms with E-state index >= 15 is 0 Å². The number of amides is 1. The molecule has 4 heterocycles. The second kappa shape index (κ2) is 11.7. The number of rotatable bonds is 8. The number of halogens is 1. The molecular formula is C31H30ClN5O4S. The number of thiophene rings is 1. The lowest BCUT2D eigenvalue weighted by Gasteiger charge is -2.35. The van der Waals surface area contributed by atoms with Crippen LogP contribution in [0.2, 0.25) is 4.34 Å². The van der Waals surface area contributed by atoms with Gasteiger partial charge in [-0.25, -0.2) is 0 Å². The maximum Gasteiger partial charge on any atom is 0.270 e. The number of nitro benzene ring substituents is 1. The van der Waals surface area contributed by atoms with Crippen LogP contribution in [-0.4, -0.2) is 50.6 Å². The van der Waals surface area contributed by atoms with Crippen LogP contribution >= 0.6 is 22.9 Å². The first kappa shape index (κ1) is 28.1. The number of piperidine rings is 1. The molecule has 0 bridgehead atoms. The molecule has 0 saturated carbocycles. The number of benzene rings is 2. The SMILES string of the molecule is CC(C)N1CCC(NC(=O)c2c(-c3ccccc3)c3cc([N+](=O)[O-])ccc3n2Cc2cc(-c3ccc(Cl)s3)on2)CC1. The van der Waals surface area contributed by atoms with E-state index in [1.165, 1.54) is 17.4 Å². The number of non-ortho nitro benzene ring substituents is 1. The third kappa shape index (κ3) is 5.57. The average molecular weight is 604 g/mol. The Labute approximate surface area is 251 Å². The molecule has 1 N–H and O–H groups in total. The summed E-state index contributed by atoms with van der Waals surface area (Å²) in [7, 11) is 0. The van der Waals surface area contributed by atoms with E-state index in [0.717, 1.165) is 36.4 Å². The summed E-state index contributed by atoms with van der Waals surface area (Å²) in [4.78, 5) is 28.8. The summed E-state index contributed by atoms with van der Waals surface area (Å²) >= 11 is 7.52. The van der Waals surface area contributed by atoms with Crippen molar-refractivity contribution in [3.8, 4) is 21.8 Å². The Bertz CT molecular complexity index is 1750. The lowest BCUT2D eigenvalue weighted by molar-refractivity contribution is -0.384. The molecule has 0 aliphatic carbocycles. The van der Waals surface area contributed by atoms with Gasteiger partial charge in [-0.05, 0) is 50.5 Å². The number of carbonyl (C=O) groups is 1. The second-order valence-electron chi connectivity index (χ2n) is 10.8. The fraction of sp³-hybridized carbons (Fsp3) is 0.290. The van der Waals surface area contributed by atoms with Crippen LogP contribution in [0.5, 0.6) is 0 Å². The standard InChI is InChI=1S/C31H30ClN5O4S/c1-19(2)35-14-12-21(13-15-35)33-31(38)30-29(20-6-4-3-5-7-20)24-17-23(37(39)40)8-9-25(24)36(30)18-22-16-26(41-34-22)27-10-11-28(32)42-27/h3-11,16-17,19,21H,12-15,18H2,1-2H3,(H,33,38). The van der Waals surface area contributed by atoms with Crippen LogP contribution in [0.15, 0.2) is 71.3 Å². The number of likely N-dealkylation sites (tertiary alicyclic amines) is 1. The molecule has 2 aromatic carbocycles. The zero-order valence-electron chi connectivity index (χ0n) is 23.2. The number of carbonyl (C=O) groups excluding carboxylic acids is 1. The number of hydrogen-bond donors (Lipinski definition) is 1. The van der Waals surface area contributed by atoms with Crippen molar-refractivity contribution in [2.75, 3.05) is 13.1 Å². The van der Waals surface area contributed by atoms with Crippen LogP contribution in [0.1, 0.15) is 42.9 Å². The smallest absolute Gasteiger partial charge is 0.270 e. The molecule has 0 radical (unpaired) electrons. The number of nitrogens with zero attached hydrogens (tertiary/aromatic N) is 4. The predicted octanol–water partition coefficient (Wildman–Crippen LogP) is 7.24. The summed E-state index contributed by atoms with van der Waals surface area (Å²) in [5, 5.41) is 20.0. The summed E-state index contributed by atoms with van der Waals surface area (Å²) in [6.45, 7) is 6.43. The highest BCUT2D eigenvalue weighted by molar-refractivity contribution is 7.19. The second-order valence-corrected chi connectivity index (χ2v) is 12.5. The van der Waals surface area contributed by atoms with Crippen molar-refractivity contribution in [1.82, 2.24) is 19.9 Å². The average Bonchev–Trinajstić information content (AvgIpc) is 3.71. The largest absolute Gasteiger partial charge is 0.355 e. The molecule has 42 heavy (non-hydrogen) atoms. The Kier molecular flexibility index (Phi) is 7.85. The van der Waals surface area contributed by atoms with Crippen LogP contribution in [-0.2, 0) is 6.54 Å². The molecule has 1 saturated heterocycles. The van der Waals surface area contributed by atoms with Crippen molar-refractivity contribution < 1.29 is 14.2 Å². The van der Waals surface area contributed by atoms with E-state index in [0.29, 0.717) is 44.0 Å². The van der Waals surface area contributed by atoms with Crippen molar-refractivity contribution in [2.45, 2.75) is 45.3 Å². The van der Waals surface area contributed by atoms with Gasteiger partial charge < -0.3 is 19.3 Å². The predicted molar refractivity (Wildman–Crippen MR) is 165 cm³/mol. The highest BCUT2D eigenvalue weighted by atomic mass is 35.5. The minimum atomic E-state index is -0.413. The normalized spacial score (nSPS) is 14.6. The van der Waals surface area contributed by atoms with E-state index in [2.05, 4.69) is 29.2 Å². The van der Waals surface area contributed by atoms with Crippen molar-refractivity contribution >= 4 is 45.4 Å². The lowest BCUT2D eigenvalue weighted by Crippen LogP contribution is -2.47. The van der Waals surface area contributed by atoms with Crippen molar-refractivity contribution in [3.05, 3.63) is 92.6 Å². The van der Waals surface area contributed by atoms with E-state index in [1.54, 1.807) is 18.2 Å². The van der Waals surface area contributed by atoms with Gasteiger partial charge in [0.1, 0.15) is 11.4 Å². The van der Waals surface area contributed by atoms with E-state index in [4.69, 9.17) is 16.1 Å². The van der Waals surface area contributed by atoms with E-state index < -0.39 is 4.92 Å². The maximum atomic E-state index is 14.2. The molecule has 1 amide bonds. The van der Waals surface area contributed by atoms with Gasteiger partial charge in [-0.3, -0.25) is 14.9 Å². The fourth-order valence-corrected chi connectivity index (χ4v) is 6.67. The Balaban J connectivity index is 1.45. The molecule has 0 atom stereocenters. The molecule has 1 fully saturated rings. The molecule has 0 unspecified atom stereocenters. The quantitative estimate of drug-likeness (QED) is 0.148. The van der Waals surface area contributed by atoms with Gasteiger partial charge >= 0.3 is 0 Å². The third-order valence-electron chi connectivity index (χ3n) is 7.83. The number of hydrogen-bond acceptors (Lipinski definition) is 7. The van der Waals surface area contributed by atoms with Gasteiger partial charge in [0, 0.05) is 54.3 Å². The van der Waals surface area contributed by atoms with E-state index in [9.17, 15) is 14.9 Å². The van der Waals surface area contributed by atoms with Crippen molar-refractivity contribution in [1.29, 1.82) is 0 Å². The number of fused-ring (bicyclic) bond motifs is 1. The monoisotopic (exact) mass is 603 g/mol. The molecule has 5 aromatic rings. The van der Waals surface area contributed by atoms with Gasteiger partial charge in [0.25, 0.3) is 11.6 Å². The van der Waals surface area contributed by atoms with Crippen molar-refractivity contribution in [3.63, 3.8) is 0 Å². The molecule has 9 nitrogen and oxygen atoms in total. The molecule has 6 rings (SSSR count). The van der Waals surface area contributed by atoms with Gasteiger partial charge in [-0.1, -0.05) is 47.1 Å². The first-order chi connectivity index (χ1) is 20.3. The van der Waals surface area contributed by atoms with Crippen LogP contribution in [0.25, 0.3) is 32.7 Å². The summed E-state index contributed by atoms with van der Waals surface area (Å²) in [5.74, 6) is 0.365. The van der Waals surface area contributed by atoms with E-state index in [1.807, 2.05) is 47.0 Å². The molecule has 216 valence electrons. The minimum absolute atomic E-state index is 0.0270.